The van der Waals surface area contributed by atoms with Gasteiger partial charge in [-0.25, -0.2) is 4.79 Å². The summed E-state index contributed by atoms with van der Waals surface area (Å²) in [5.41, 5.74) is 30.2. The van der Waals surface area contributed by atoms with Gasteiger partial charge < -0.3 is 59.8 Å². The third kappa shape index (κ3) is 12.4. The highest BCUT2D eigenvalue weighted by Crippen LogP contribution is 2.19. The van der Waals surface area contributed by atoms with Gasteiger partial charge in [-0.2, -0.15) is 0 Å². The van der Waals surface area contributed by atoms with Crippen LogP contribution in [0.4, 0.5) is 0 Å². The summed E-state index contributed by atoms with van der Waals surface area (Å²) in [6, 6.07) is 8.69. The van der Waals surface area contributed by atoms with E-state index in [0.717, 1.165) is 16.5 Å². The van der Waals surface area contributed by atoms with Gasteiger partial charge in [0.25, 0.3) is 0 Å². The smallest absolute Gasteiger partial charge is 0.326 e. The molecule has 0 saturated heterocycles. The zero-order valence-electron chi connectivity index (χ0n) is 27.0. The average Bonchev–Trinajstić information content (AvgIpc) is 3.46. The molecule has 0 spiro atoms. The van der Waals surface area contributed by atoms with Crippen LogP contribution in [0.1, 0.15) is 36.8 Å². The number of amides is 3. The monoisotopic (exact) mass is 679 g/mol. The lowest BCUT2D eigenvalue weighted by Crippen LogP contribution is -2.57. The molecule has 4 atom stereocenters. The molecule has 0 bridgehead atoms. The summed E-state index contributed by atoms with van der Waals surface area (Å²) in [6.45, 7) is 0.308. The number of aliphatic imine (C=N–C) groups is 2. The molecule has 0 aliphatic carbocycles. The van der Waals surface area contributed by atoms with E-state index in [2.05, 4.69) is 30.9 Å². The Hall–Kier alpha value is -5.84. The maximum atomic E-state index is 13.7. The molecule has 16 N–H and O–H groups in total. The lowest BCUT2D eigenvalue weighted by atomic mass is 10.0. The number of carboxylic acid groups (broad SMARTS) is 1. The molecule has 3 amide bonds. The molecule has 49 heavy (non-hydrogen) atoms. The largest absolute Gasteiger partial charge is 0.508 e. The standard InChI is InChI=1S/C32H45N11O6/c33-22(16-19-17-40-23-6-2-1-5-21(19)23)27(45)41-24(7-3-13-38-31(34)35)28(46)42-25(8-4-14-39-32(36)37)29(47)43-26(30(48)49)15-18-9-11-20(44)12-10-18/h1-2,5-6,9-12,17,22,24-26,40,44H,3-4,7-8,13-16,33H2,(H,41,45)(H,42,46)(H,43,47)(H,48,49)(H4,34,35,38)(H4,36,37,39). The zero-order chi connectivity index (χ0) is 35.9. The van der Waals surface area contributed by atoms with E-state index in [-0.39, 0.29) is 62.9 Å². The molecule has 4 unspecified atom stereocenters. The minimum absolute atomic E-state index is 0.00192. The van der Waals surface area contributed by atoms with E-state index >= 15 is 0 Å². The van der Waals surface area contributed by atoms with Crippen LogP contribution in [-0.4, -0.2) is 88.1 Å². The number of hydrogen-bond acceptors (Lipinski definition) is 8. The van der Waals surface area contributed by atoms with Gasteiger partial charge in [-0.3, -0.25) is 24.4 Å². The Labute approximate surface area is 282 Å². The number of rotatable bonds is 19. The van der Waals surface area contributed by atoms with E-state index in [9.17, 15) is 29.4 Å². The SMILES string of the molecule is NC(N)=NCCCC(NC(=O)C(N)Cc1c[nH]c2ccccc12)C(=O)NC(CCCN=C(N)N)C(=O)NC(Cc1ccc(O)cc1)C(=O)O. The molecule has 17 heteroatoms. The first kappa shape index (κ1) is 37.6. The fourth-order valence-electron chi connectivity index (χ4n) is 5.07. The number of carbonyl (C=O) groups is 4. The number of phenolic OH excluding ortho intramolecular Hbond substituents is 1. The van der Waals surface area contributed by atoms with Gasteiger partial charge in [0.1, 0.15) is 23.9 Å². The highest BCUT2D eigenvalue weighted by atomic mass is 16.4. The Balaban J connectivity index is 1.77. The number of para-hydroxylation sites is 1. The number of nitrogens with zero attached hydrogens (tertiary/aromatic N) is 2. The Morgan fingerprint density at radius 2 is 1.27 bits per heavy atom. The van der Waals surface area contributed by atoms with E-state index in [4.69, 9.17) is 28.7 Å². The minimum Gasteiger partial charge on any atom is -0.508 e. The van der Waals surface area contributed by atoms with Crippen molar-refractivity contribution in [3.63, 3.8) is 0 Å². The molecule has 0 saturated carbocycles. The fraction of sp³-hybridized carbons (Fsp3) is 0.375. The highest BCUT2D eigenvalue weighted by Gasteiger charge is 2.30. The second-order valence-corrected chi connectivity index (χ2v) is 11.5. The molecule has 3 rings (SSSR count). The molecule has 1 heterocycles. The molecule has 3 aromatic rings. The van der Waals surface area contributed by atoms with Crippen molar-refractivity contribution >= 4 is 46.5 Å². The Morgan fingerprint density at radius 1 is 0.735 bits per heavy atom. The van der Waals surface area contributed by atoms with Crippen LogP contribution in [0.2, 0.25) is 0 Å². The number of carbonyl (C=O) groups excluding carboxylic acids is 3. The quantitative estimate of drug-likeness (QED) is 0.0399. The average molecular weight is 680 g/mol. The van der Waals surface area contributed by atoms with Crippen LogP contribution in [0.5, 0.6) is 5.75 Å². The van der Waals surface area contributed by atoms with E-state index in [0.29, 0.717) is 12.0 Å². The number of guanidine groups is 2. The van der Waals surface area contributed by atoms with Gasteiger partial charge in [0, 0.05) is 36.6 Å². The van der Waals surface area contributed by atoms with Crippen molar-refractivity contribution in [3.05, 3.63) is 65.9 Å². The lowest BCUT2D eigenvalue weighted by Gasteiger charge is -2.25. The second kappa shape index (κ2) is 18.5. The Morgan fingerprint density at radius 3 is 1.82 bits per heavy atom. The molecule has 0 aliphatic heterocycles. The first-order valence-corrected chi connectivity index (χ1v) is 15.7. The number of nitrogens with one attached hydrogen (secondary N) is 4. The van der Waals surface area contributed by atoms with Crippen LogP contribution < -0.4 is 44.6 Å². The van der Waals surface area contributed by atoms with Gasteiger partial charge in [0.2, 0.25) is 17.7 Å². The third-order valence-corrected chi connectivity index (χ3v) is 7.60. The van der Waals surface area contributed by atoms with Crippen molar-refractivity contribution < 1.29 is 29.4 Å². The Kier molecular flexibility index (Phi) is 14.2. The summed E-state index contributed by atoms with van der Waals surface area (Å²) >= 11 is 0. The molecule has 17 nitrogen and oxygen atoms in total. The first-order valence-electron chi connectivity index (χ1n) is 15.7. The Bertz CT molecular complexity index is 1630. The molecular weight excluding hydrogens is 634 g/mol. The maximum absolute atomic E-state index is 13.7. The van der Waals surface area contributed by atoms with Crippen LogP contribution in [0.3, 0.4) is 0 Å². The number of aromatic hydroxyl groups is 1. The number of aromatic nitrogens is 1. The minimum atomic E-state index is -1.35. The van der Waals surface area contributed by atoms with Gasteiger partial charge in [-0.15, -0.1) is 0 Å². The number of hydrogen-bond donors (Lipinski definition) is 11. The molecule has 1 aromatic heterocycles. The number of H-pyrrole nitrogens is 1. The molecule has 2 aromatic carbocycles. The lowest BCUT2D eigenvalue weighted by molar-refractivity contribution is -0.142. The summed E-state index contributed by atoms with van der Waals surface area (Å²) in [4.78, 5) is 63.5. The van der Waals surface area contributed by atoms with Gasteiger partial charge in [-0.05, 0) is 61.4 Å². The van der Waals surface area contributed by atoms with Crippen LogP contribution in [0.25, 0.3) is 10.9 Å². The van der Waals surface area contributed by atoms with Gasteiger partial charge in [-0.1, -0.05) is 30.3 Å². The second-order valence-electron chi connectivity index (χ2n) is 11.5. The summed E-state index contributed by atoms with van der Waals surface area (Å²) in [5.74, 6) is -3.67. The topological polar surface area (TPSA) is 315 Å². The molecule has 264 valence electrons. The summed E-state index contributed by atoms with van der Waals surface area (Å²) < 4.78 is 0. The predicted molar refractivity (Wildman–Crippen MR) is 185 cm³/mol. The number of phenols is 1. The van der Waals surface area contributed by atoms with E-state index < -0.39 is 47.9 Å². The van der Waals surface area contributed by atoms with Crippen molar-refractivity contribution in [2.45, 2.75) is 62.7 Å². The predicted octanol–water partition coefficient (Wildman–Crippen LogP) is -1.37. The van der Waals surface area contributed by atoms with Crippen molar-refractivity contribution in [1.29, 1.82) is 0 Å². The molecular formula is C32H45N11O6. The normalized spacial score (nSPS) is 13.3. The number of nitrogens with two attached hydrogens (primary N) is 5. The summed E-state index contributed by atoms with van der Waals surface area (Å²) in [5, 5.41) is 28.1. The van der Waals surface area contributed by atoms with Crippen LogP contribution in [0, 0.1) is 0 Å². The highest BCUT2D eigenvalue weighted by molar-refractivity contribution is 5.94. The zero-order valence-corrected chi connectivity index (χ0v) is 27.0. The number of carboxylic acids is 1. The maximum Gasteiger partial charge on any atom is 0.326 e. The number of aromatic amines is 1. The summed E-state index contributed by atoms with van der Waals surface area (Å²) in [6.07, 6.45) is 2.55. The van der Waals surface area contributed by atoms with Crippen molar-refractivity contribution in [2.24, 2.45) is 38.7 Å². The van der Waals surface area contributed by atoms with E-state index in [1.165, 1.54) is 24.3 Å². The third-order valence-electron chi connectivity index (χ3n) is 7.60. The summed E-state index contributed by atoms with van der Waals surface area (Å²) in [7, 11) is 0. The molecule has 0 fully saturated rings. The van der Waals surface area contributed by atoms with Crippen LogP contribution in [-0.2, 0) is 32.0 Å². The number of aliphatic carboxylic acids is 1. The van der Waals surface area contributed by atoms with Crippen molar-refractivity contribution in [1.82, 2.24) is 20.9 Å². The molecule has 0 radical (unpaired) electrons. The molecule has 0 aliphatic rings. The van der Waals surface area contributed by atoms with Crippen LogP contribution in [0.15, 0.2) is 64.7 Å². The van der Waals surface area contributed by atoms with Crippen molar-refractivity contribution in [3.8, 4) is 5.75 Å². The first-order chi connectivity index (χ1) is 23.3. The number of benzene rings is 2. The van der Waals surface area contributed by atoms with Gasteiger partial charge in [0.05, 0.1) is 6.04 Å². The van der Waals surface area contributed by atoms with Gasteiger partial charge >= 0.3 is 5.97 Å². The van der Waals surface area contributed by atoms with Gasteiger partial charge in [0.15, 0.2) is 11.9 Å². The van der Waals surface area contributed by atoms with E-state index in [1.807, 2.05) is 24.3 Å². The number of fused-ring (bicyclic) bond motifs is 1. The van der Waals surface area contributed by atoms with Crippen LogP contribution >= 0.6 is 0 Å². The fourth-order valence-corrected chi connectivity index (χ4v) is 5.07. The van der Waals surface area contributed by atoms with Crippen molar-refractivity contribution in [2.75, 3.05) is 13.1 Å². The van der Waals surface area contributed by atoms with E-state index in [1.54, 1.807) is 6.20 Å².